The van der Waals surface area contributed by atoms with E-state index in [2.05, 4.69) is 20.8 Å². The molecule has 0 saturated carbocycles. The second-order valence-corrected chi connectivity index (χ2v) is 10.00. The summed E-state index contributed by atoms with van der Waals surface area (Å²) in [7, 11) is 1.55. The molecule has 0 radical (unpaired) electrons. The fraction of sp³-hybridized carbons (Fsp3) is 0.241. The van der Waals surface area contributed by atoms with E-state index in [4.69, 9.17) is 4.74 Å². The highest BCUT2D eigenvalue weighted by Crippen LogP contribution is 2.43. The number of carbonyl (C=O) groups excluding carboxylic acids is 2. The van der Waals surface area contributed by atoms with Gasteiger partial charge in [0.15, 0.2) is 0 Å². The fourth-order valence-corrected chi connectivity index (χ4v) is 5.56. The SMILES string of the molecule is COc1ccc(/C(O)=C2/C(=O)C(=O)N(c3ccc(N4CCCC4)cc3)C2c2cccc(C)c2)cc1Br. The number of anilines is 2. The molecule has 2 aliphatic rings. The minimum Gasteiger partial charge on any atom is -0.507 e. The van der Waals surface area contributed by atoms with E-state index < -0.39 is 17.7 Å². The lowest BCUT2D eigenvalue weighted by molar-refractivity contribution is -0.132. The Bertz CT molecular complexity index is 1360. The van der Waals surface area contributed by atoms with Gasteiger partial charge in [-0.3, -0.25) is 14.5 Å². The molecule has 0 aromatic heterocycles. The molecule has 0 aliphatic carbocycles. The molecule has 5 rings (SSSR count). The maximum absolute atomic E-state index is 13.4. The van der Waals surface area contributed by atoms with Gasteiger partial charge in [-0.15, -0.1) is 0 Å². The third-order valence-corrected chi connectivity index (χ3v) is 7.45. The number of ether oxygens (including phenoxy) is 1. The topological polar surface area (TPSA) is 70.1 Å². The van der Waals surface area contributed by atoms with Gasteiger partial charge in [0.05, 0.1) is 23.2 Å². The van der Waals surface area contributed by atoms with Crippen molar-refractivity contribution in [2.75, 3.05) is 30.0 Å². The van der Waals surface area contributed by atoms with Gasteiger partial charge in [0.1, 0.15) is 11.5 Å². The number of halogens is 1. The highest BCUT2D eigenvalue weighted by Gasteiger charge is 2.47. The number of hydrogen-bond acceptors (Lipinski definition) is 5. The van der Waals surface area contributed by atoms with Crippen molar-refractivity contribution in [2.45, 2.75) is 25.8 Å². The number of amides is 1. The maximum Gasteiger partial charge on any atom is 0.300 e. The molecule has 184 valence electrons. The first-order chi connectivity index (χ1) is 17.4. The van der Waals surface area contributed by atoms with E-state index in [1.54, 1.807) is 25.3 Å². The molecule has 1 N–H and O–H groups in total. The smallest absolute Gasteiger partial charge is 0.300 e. The number of hydrogen-bond donors (Lipinski definition) is 1. The van der Waals surface area contributed by atoms with Crippen molar-refractivity contribution in [3.05, 3.63) is 93.5 Å². The van der Waals surface area contributed by atoms with E-state index in [-0.39, 0.29) is 11.3 Å². The second kappa shape index (κ2) is 9.82. The zero-order valence-electron chi connectivity index (χ0n) is 20.2. The molecule has 1 atom stereocenters. The summed E-state index contributed by atoms with van der Waals surface area (Å²) in [4.78, 5) is 30.6. The van der Waals surface area contributed by atoms with Crippen molar-refractivity contribution in [1.82, 2.24) is 0 Å². The zero-order chi connectivity index (χ0) is 25.4. The number of carbonyl (C=O) groups is 2. The number of nitrogens with zero attached hydrogens (tertiary/aromatic N) is 2. The zero-order valence-corrected chi connectivity index (χ0v) is 21.8. The number of aryl methyl sites for hydroxylation is 1. The monoisotopic (exact) mass is 546 g/mol. The lowest BCUT2D eigenvalue weighted by atomic mass is 9.94. The van der Waals surface area contributed by atoms with E-state index in [0.29, 0.717) is 21.5 Å². The van der Waals surface area contributed by atoms with Crippen LogP contribution >= 0.6 is 15.9 Å². The average Bonchev–Trinajstić information content (AvgIpc) is 3.51. The van der Waals surface area contributed by atoms with Crippen LogP contribution in [0.2, 0.25) is 0 Å². The van der Waals surface area contributed by atoms with Crippen LogP contribution in [0, 0.1) is 6.92 Å². The standard InChI is InChI=1S/C29H27BrN2O4/c1-18-6-5-7-19(16-18)26-25(27(33)20-8-13-24(36-2)23(30)17-20)28(34)29(35)32(26)22-11-9-21(10-12-22)31-14-3-4-15-31/h5-13,16-17,26,33H,3-4,14-15H2,1-2H3/b27-25-. The van der Waals surface area contributed by atoms with E-state index >= 15 is 0 Å². The van der Waals surface area contributed by atoms with Gasteiger partial charge in [0.25, 0.3) is 11.7 Å². The van der Waals surface area contributed by atoms with Gasteiger partial charge in [-0.05, 0) is 83.7 Å². The minimum absolute atomic E-state index is 0.0614. The number of rotatable bonds is 5. The van der Waals surface area contributed by atoms with Crippen LogP contribution in [0.3, 0.4) is 0 Å². The molecule has 1 amide bonds. The Morgan fingerprint density at radius 2 is 1.67 bits per heavy atom. The number of methoxy groups -OCH3 is 1. The molecular formula is C29H27BrN2O4. The van der Waals surface area contributed by atoms with Crippen LogP contribution in [0.1, 0.15) is 35.6 Å². The molecule has 3 aromatic rings. The predicted octanol–water partition coefficient (Wildman–Crippen LogP) is 5.99. The van der Waals surface area contributed by atoms with Crippen LogP contribution in [-0.2, 0) is 9.59 Å². The summed E-state index contributed by atoms with van der Waals surface area (Å²) in [5, 5.41) is 11.4. The van der Waals surface area contributed by atoms with Crippen molar-refractivity contribution < 1.29 is 19.4 Å². The van der Waals surface area contributed by atoms with Crippen LogP contribution in [-0.4, -0.2) is 37.0 Å². The number of ketones is 1. The predicted molar refractivity (Wildman–Crippen MR) is 145 cm³/mol. The van der Waals surface area contributed by atoms with Crippen LogP contribution in [0.15, 0.2) is 76.8 Å². The minimum atomic E-state index is -0.761. The van der Waals surface area contributed by atoms with Gasteiger partial charge in [-0.25, -0.2) is 0 Å². The Morgan fingerprint density at radius 1 is 0.972 bits per heavy atom. The maximum atomic E-state index is 13.4. The molecule has 2 saturated heterocycles. The number of benzene rings is 3. The molecule has 0 bridgehead atoms. The summed E-state index contributed by atoms with van der Waals surface area (Å²) in [5.41, 5.74) is 3.94. The van der Waals surface area contributed by atoms with Gasteiger partial charge < -0.3 is 14.7 Å². The van der Waals surface area contributed by atoms with E-state index in [0.717, 1.165) is 29.9 Å². The van der Waals surface area contributed by atoms with Crippen LogP contribution in [0.4, 0.5) is 11.4 Å². The van der Waals surface area contributed by atoms with Crippen LogP contribution < -0.4 is 14.5 Å². The first-order valence-corrected chi connectivity index (χ1v) is 12.7. The Morgan fingerprint density at radius 3 is 2.31 bits per heavy atom. The summed E-state index contributed by atoms with van der Waals surface area (Å²) in [6.07, 6.45) is 2.34. The van der Waals surface area contributed by atoms with Crippen molar-refractivity contribution >= 4 is 44.8 Å². The third kappa shape index (κ3) is 4.28. The van der Waals surface area contributed by atoms with E-state index in [1.165, 1.54) is 17.7 Å². The van der Waals surface area contributed by atoms with Crippen molar-refractivity contribution in [2.24, 2.45) is 0 Å². The lowest BCUT2D eigenvalue weighted by Gasteiger charge is -2.26. The van der Waals surface area contributed by atoms with Gasteiger partial charge in [-0.1, -0.05) is 29.8 Å². The summed E-state index contributed by atoms with van der Waals surface area (Å²) in [6, 6.07) is 19.7. The highest BCUT2D eigenvalue weighted by molar-refractivity contribution is 9.10. The number of aliphatic hydroxyl groups is 1. The molecule has 6 nitrogen and oxygen atoms in total. The molecule has 1 unspecified atom stereocenters. The van der Waals surface area contributed by atoms with Gasteiger partial charge in [-0.2, -0.15) is 0 Å². The van der Waals surface area contributed by atoms with Gasteiger partial charge in [0, 0.05) is 30.0 Å². The Kier molecular flexibility index (Phi) is 6.58. The molecule has 2 heterocycles. The van der Waals surface area contributed by atoms with E-state index in [1.807, 2.05) is 55.5 Å². The normalized spacial score (nSPS) is 19.2. The van der Waals surface area contributed by atoms with Crippen molar-refractivity contribution in [1.29, 1.82) is 0 Å². The average molecular weight is 547 g/mol. The first-order valence-electron chi connectivity index (χ1n) is 12.0. The third-order valence-electron chi connectivity index (χ3n) is 6.83. The van der Waals surface area contributed by atoms with Crippen LogP contribution in [0.25, 0.3) is 5.76 Å². The lowest BCUT2D eigenvalue weighted by Crippen LogP contribution is -2.29. The largest absolute Gasteiger partial charge is 0.507 e. The Hall–Kier alpha value is -3.58. The van der Waals surface area contributed by atoms with Gasteiger partial charge in [0.2, 0.25) is 0 Å². The van der Waals surface area contributed by atoms with Crippen molar-refractivity contribution in [3.8, 4) is 5.75 Å². The van der Waals surface area contributed by atoms with Gasteiger partial charge >= 0.3 is 0 Å². The first kappa shape index (κ1) is 24.1. The Balaban J connectivity index is 1.63. The highest BCUT2D eigenvalue weighted by atomic mass is 79.9. The molecule has 2 aliphatic heterocycles. The molecule has 36 heavy (non-hydrogen) atoms. The number of Topliss-reactive ketones (excluding diaryl/α,β-unsaturated/α-hetero) is 1. The Labute approximate surface area is 218 Å². The molecule has 7 heteroatoms. The molecular weight excluding hydrogens is 520 g/mol. The van der Waals surface area contributed by atoms with E-state index in [9.17, 15) is 14.7 Å². The second-order valence-electron chi connectivity index (χ2n) is 9.14. The summed E-state index contributed by atoms with van der Waals surface area (Å²) in [5.74, 6) is -1.00. The summed E-state index contributed by atoms with van der Waals surface area (Å²) < 4.78 is 5.92. The number of aliphatic hydroxyl groups excluding tert-OH is 1. The summed E-state index contributed by atoms with van der Waals surface area (Å²) >= 11 is 3.44. The molecule has 0 spiro atoms. The summed E-state index contributed by atoms with van der Waals surface area (Å²) in [6.45, 7) is 4.00. The quantitative estimate of drug-likeness (QED) is 0.241. The van der Waals surface area contributed by atoms with Crippen LogP contribution in [0.5, 0.6) is 5.75 Å². The fourth-order valence-electron chi connectivity index (χ4n) is 5.02. The molecule has 3 aromatic carbocycles. The van der Waals surface area contributed by atoms with Crippen molar-refractivity contribution in [3.63, 3.8) is 0 Å². The molecule has 2 fully saturated rings.